The van der Waals surface area contributed by atoms with E-state index in [1.807, 2.05) is 24.3 Å². The van der Waals surface area contributed by atoms with Gasteiger partial charge >= 0.3 is 5.76 Å². The van der Waals surface area contributed by atoms with Crippen molar-refractivity contribution >= 4 is 22.7 Å². The van der Waals surface area contributed by atoms with Gasteiger partial charge in [-0.05, 0) is 29.8 Å². The first-order valence-corrected chi connectivity index (χ1v) is 6.34. The highest BCUT2D eigenvalue weighted by molar-refractivity contribution is 6.31. The van der Waals surface area contributed by atoms with E-state index in [2.05, 4.69) is 0 Å². The lowest BCUT2D eigenvalue weighted by molar-refractivity contribution is 0.518. The largest absolute Gasteiger partial charge is 0.420 e. The first kappa shape index (κ1) is 12.5. The standard InChI is InChI=1S/C15H9ClN2O2/c16-12-7-10(8-17)5-6-11(12)9-18-13-3-1-2-4-14(13)20-15(18)19/h1-7H,9H2. The Bertz CT molecular complexity index is 887. The van der Waals surface area contributed by atoms with Crippen LogP contribution in [0, 0.1) is 11.3 Å². The summed E-state index contributed by atoms with van der Waals surface area (Å²) < 4.78 is 6.68. The number of aromatic nitrogens is 1. The average molecular weight is 285 g/mol. The van der Waals surface area contributed by atoms with Crippen molar-refractivity contribution in [1.82, 2.24) is 4.57 Å². The van der Waals surface area contributed by atoms with Crippen LogP contribution in [0.3, 0.4) is 0 Å². The monoisotopic (exact) mass is 284 g/mol. The summed E-state index contributed by atoms with van der Waals surface area (Å²) >= 11 is 6.13. The highest BCUT2D eigenvalue weighted by atomic mass is 35.5. The van der Waals surface area contributed by atoms with Gasteiger partial charge in [-0.15, -0.1) is 0 Å². The number of oxazole rings is 1. The van der Waals surface area contributed by atoms with Crippen molar-refractivity contribution in [2.45, 2.75) is 6.54 Å². The summed E-state index contributed by atoms with van der Waals surface area (Å²) in [6.45, 7) is 0.306. The summed E-state index contributed by atoms with van der Waals surface area (Å²) in [6.07, 6.45) is 0. The van der Waals surface area contributed by atoms with Crippen LogP contribution in [0.15, 0.2) is 51.7 Å². The summed E-state index contributed by atoms with van der Waals surface area (Å²) in [6, 6.07) is 14.2. The van der Waals surface area contributed by atoms with Crippen molar-refractivity contribution in [2.75, 3.05) is 0 Å². The minimum atomic E-state index is -0.424. The highest BCUT2D eigenvalue weighted by Crippen LogP contribution is 2.20. The van der Waals surface area contributed by atoms with Crippen LogP contribution in [0.5, 0.6) is 0 Å². The second-order valence-electron chi connectivity index (χ2n) is 4.34. The Morgan fingerprint density at radius 3 is 2.80 bits per heavy atom. The van der Waals surface area contributed by atoms with Gasteiger partial charge in [0.2, 0.25) is 0 Å². The molecule has 0 aliphatic rings. The van der Waals surface area contributed by atoms with Gasteiger partial charge in [-0.25, -0.2) is 4.79 Å². The molecular formula is C15H9ClN2O2. The summed E-state index contributed by atoms with van der Waals surface area (Å²) in [7, 11) is 0. The molecular weight excluding hydrogens is 276 g/mol. The van der Waals surface area contributed by atoms with Crippen LogP contribution >= 0.6 is 11.6 Å². The lowest BCUT2D eigenvalue weighted by Gasteiger charge is -2.05. The van der Waals surface area contributed by atoms with Crippen molar-refractivity contribution in [3.63, 3.8) is 0 Å². The topological polar surface area (TPSA) is 58.9 Å². The fourth-order valence-electron chi connectivity index (χ4n) is 2.08. The van der Waals surface area contributed by atoms with Gasteiger partial charge in [0.05, 0.1) is 23.7 Å². The zero-order chi connectivity index (χ0) is 14.1. The van der Waals surface area contributed by atoms with Gasteiger partial charge in [-0.3, -0.25) is 4.57 Å². The first-order valence-electron chi connectivity index (χ1n) is 5.96. The Morgan fingerprint density at radius 2 is 2.05 bits per heavy atom. The van der Waals surface area contributed by atoms with Crippen LogP contribution in [0.25, 0.3) is 11.1 Å². The van der Waals surface area contributed by atoms with E-state index >= 15 is 0 Å². The van der Waals surface area contributed by atoms with Crippen LogP contribution in [0.2, 0.25) is 5.02 Å². The fraction of sp³-hybridized carbons (Fsp3) is 0.0667. The van der Waals surface area contributed by atoms with Crippen LogP contribution in [0.4, 0.5) is 0 Å². The summed E-state index contributed by atoms with van der Waals surface area (Å²) in [5, 5.41) is 9.28. The second-order valence-corrected chi connectivity index (χ2v) is 4.75. The van der Waals surface area contributed by atoms with Gasteiger partial charge < -0.3 is 4.42 Å². The predicted octanol–water partition coefficient (Wildman–Crippen LogP) is 3.17. The smallest absolute Gasteiger partial charge is 0.408 e. The van der Waals surface area contributed by atoms with Gasteiger partial charge in [0, 0.05) is 5.02 Å². The zero-order valence-corrected chi connectivity index (χ0v) is 11.1. The van der Waals surface area contributed by atoms with Crippen LogP contribution in [-0.2, 0) is 6.54 Å². The second kappa shape index (κ2) is 4.87. The molecule has 3 aromatic rings. The summed E-state index contributed by atoms with van der Waals surface area (Å²) in [5.74, 6) is -0.424. The summed E-state index contributed by atoms with van der Waals surface area (Å²) in [4.78, 5) is 11.9. The Morgan fingerprint density at radius 1 is 1.25 bits per heavy atom. The lowest BCUT2D eigenvalue weighted by Crippen LogP contribution is -2.15. The fourth-order valence-corrected chi connectivity index (χ4v) is 2.32. The van der Waals surface area contributed by atoms with Crippen LogP contribution in [-0.4, -0.2) is 4.57 Å². The van der Waals surface area contributed by atoms with Crippen molar-refractivity contribution in [3.05, 3.63) is 69.2 Å². The maximum absolute atomic E-state index is 11.9. The predicted molar refractivity (Wildman–Crippen MR) is 75.7 cm³/mol. The molecule has 5 heteroatoms. The van der Waals surface area contributed by atoms with E-state index in [9.17, 15) is 4.79 Å². The average Bonchev–Trinajstić information content (AvgIpc) is 2.77. The Hall–Kier alpha value is -2.51. The summed E-state index contributed by atoms with van der Waals surface area (Å²) in [5.41, 5.74) is 2.52. The molecule has 2 aromatic carbocycles. The number of nitrogens with zero attached hydrogens (tertiary/aromatic N) is 2. The van der Waals surface area contributed by atoms with Gasteiger partial charge in [0.15, 0.2) is 5.58 Å². The van der Waals surface area contributed by atoms with Gasteiger partial charge in [0.25, 0.3) is 0 Å². The number of rotatable bonds is 2. The number of nitriles is 1. The highest BCUT2D eigenvalue weighted by Gasteiger charge is 2.10. The number of halogens is 1. The molecule has 0 spiro atoms. The SMILES string of the molecule is N#Cc1ccc(Cn2c(=O)oc3ccccc32)c(Cl)c1. The number of hydrogen-bond acceptors (Lipinski definition) is 3. The van der Waals surface area contributed by atoms with Crippen LogP contribution < -0.4 is 5.76 Å². The lowest BCUT2D eigenvalue weighted by atomic mass is 10.1. The number of para-hydroxylation sites is 2. The molecule has 3 rings (SSSR count). The van der Waals surface area contributed by atoms with E-state index in [1.54, 1.807) is 24.3 Å². The Balaban J connectivity index is 2.08. The Kier molecular flexibility index (Phi) is 3.05. The van der Waals surface area contributed by atoms with Crippen molar-refractivity contribution in [3.8, 4) is 6.07 Å². The zero-order valence-electron chi connectivity index (χ0n) is 10.3. The minimum absolute atomic E-state index is 0.306. The number of fused-ring (bicyclic) bond motifs is 1. The maximum Gasteiger partial charge on any atom is 0.420 e. The molecule has 1 heterocycles. The molecule has 0 saturated carbocycles. The molecule has 0 unspecified atom stereocenters. The Labute approximate surface area is 119 Å². The van der Waals surface area contributed by atoms with E-state index in [1.165, 1.54) is 4.57 Å². The molecule has 20 heavy (non-hydrogen) atoms. The number of benzene rings is 2. The van der Waals surface area contributed by atoms with Gasteiger partial charge in [-0.2, -0.15) is 5.26 Å². The third-order valence-corrected chi connectivity index (χ3v) is 3.44. The van der Waals surface area contributed by atoms with Gasteiger partial charge in [-0.1, -0.05) is 29.8 Å². The van der Waals surface area contributed by atoms with Gasteiger partial charge in [0.1, 0.15) is 0 Å². The third-order valence-electron chi connectivity index (χ3n) is 3.08. The van der Waals surface area contributed by atoms with E-state index in [0.29, 0.717) is 22.7 Å². The molecule has 4 nitrogen and oxygen atoms in total. The first-order chi connectivity index (χ1) is 9.69. The molecule has 0 fully saturated rings. The molecule has 0 saturated heterocycles. The molecule has 0 N–H and O–H groups in total. The molecule has 0 aliphatic carbocycles. The van der Waals surface area contributed by atoms with E-state index in [0.717, 1.165) is 11.1 Å². The molecule has 0 aliphatic heterocycles. The maximum atomic E-state index is 11.9. The molecule has 1 aromatic heterocycles. The van der Waals surface area contributed by atoms with Crippen molar-refractivity contribution in [2.24, 2.45) is 0 Å². The van der Waals surface area contributed by atoms with Crippen molar-refractivity contribution in [1.29, 1.82) is 5.26 Å². The minimum Gasteiger partial charge on any atom is -0.408 e. The van der Waals surface area contributed by atoms with Crippen LogP contribution in [0.1, 0.15) is 11.1 Å². The molecule has 0 radical (unpaired) electrons. The van der Waals surface area contributed by atoms with E-state index < -0.39 is 5.76 Å². The van der Waals surface area contributed by atoms with E-state index in [-0.39, 0.29) is 0 Å². The molecule has 0 bridgehead atoms. The molecule has 98 valence electrons. The number of hydrogen-bond donors (Lipinski definition) is 0. The van der Waals surface area contributed by atoms with Crippen molar-refractivity contribution < 1.29 is 4.42 Å². The molecule has 0 amide bonds. The normalized spacial score (nSPS) is 10.6. The third kappa shape index (κ3) is 2.09. The molecule has 0 atom stereocenters. The quantitative estimate of drug-likeness (QED) is 0.726. The van der Waals surface area contributed by atoms with E-state index in [4.69, 9.17) is 21.3 Å².